The molecule has 2 amide bonds. The largest absolute Gasteiger partial charge is 0.355 e. The van der Waals surface area contributed by atoms with Gasteiger partial charge in [-0.25, -0.2) is 0 Å². The Labute approximate surface area is 143 Å². The molecule has 0 bridgehead atoms. The lowest BCUT2D eigenvalue weighted by Gasteiger charge is -2.34. The van der Waals surface area contributed by atoms with Gasteiger partial charge in [0.15, 0.2) is 0 Å². The normalized spacial score (nSPS) is 20.9. The zero-order chi connectivity index (χ0) is 17.1. The van der Waals surface area contributed by atoms with Gasteiger partial charge in [-0.1, -0.05) is 35.9 Å². The Morgan fingerprint density at radius 2 is 1.79 bits per heavy atom. The molecule has 1 fully saturated rings. The highest BCUT2D eigenvalue weighted by molar-refractivity contribution is 6.05. The molecule has 5 heteroatoms. The van der Waals surface area contributed by atoms with Crippen molar-refractivity contribution < 1.29 is 9.59 Å². The van der Waals surface area contributed by atoms with Crippen LogP contribution in [0.4, 0.5) is 0 Å². The Morgan fingerprint density at radius 1 is 1.12 bits per heavy atom. The first-order chi connectivity index (χ1) is 11.6. The number of hydrogen-bond acceptors (Lipinski definition) is 3. The van der Waals surface area contributed by atoms with Crippen molar-refractivity contribution in [2.24, 2.45) is 5.92 Å². The van der Waals surface area contributed by atoms with Crippen molar-refractivity contribution in [3.63, 3.8) is 0 Å². The van der Waals surface area contributed by atoms with Gasteiger partial charge in [0.1, 0.15) is 0 Å². The van der Waals surface area contributed by atoms with Crippen LogP contribution in [0, 0.1) is 5.92 Å². The SMILES string of the molecule is CCNC(=O)CN1CCN(C(=O)C2C(C)=C2c2ccccc2)CC1. The quantitative estimate of drug-likeness (QED) is 0.889. The van der Waals surface area contributed by atoms with Gasteiger partial charge in [-0.2, -0.15) is 0 Å². The molecule has 1 aromatic rings. The molecule has 1 aliphatic carbocycles. The van der Waals surface area contributed by atoms with Gasteiger partial charge >= 0.3 is 0 Å². The average molecular weight is 327 g/mol. The van der Waals surface area contributed by atoms with Crippen LogP contribution >= 0.6 is 0 Å². The smallest absolute Gasteiger partial charge is 0.234 e. The molecule has 2 aliphatic rings. The molecule has 1 N–H and O–H groups in total. The van der Waals surface area contributed by atoms with Crippen LogP contribution < -0.4 is 5.32 Å². The molecule has 1 heterocycles. The third-order valence-corrected chi connectivity index (χ3v) is 4.82. The summed E-state index contributed by atoms with van der Waals surface area (Å²) in [5, 5.41) is 2.82. The minimum atomic E-state index is -0.0395. The molecule has 1 aromatic carbocycles. The zero-order valence-electron chi connectivity index (χ0n) is 14.4. The molecule has 0 aromatic heterocycles. The van der Waals surface area contributed by atoms with Crippen molar-refractivity contribution >= 4 is 17.4 Å². The summed E-state index contributed by atoms with van der Waals surface area (Å²) in [5.41, 5.74) is 3.53. The summed E-state index contributed by atoms with van der Waals surface area (Å²) >= 11 is 0. The summed E-state index contributed by atoms with van der Waals surface area (Å²) in [5.74, 6) is 0.231. The summed E-state index contributed by atoms with van der Waals surface area (Å²) in [6.45, 7) is 7.97. The molecule has 1 atom stereocenters. The molecule has 3 rings (SSSR count). The number of hydrogen-bond donors (Lipinski definition) is 1. The lowest BCUT2D eigenvalue weighted by atomic mass is 10.1. The minimum Gasteiger partial charge on any atom is -0.355 e. The Hall–Kier alpha value is -2.14. The van der Waals surface area contributed by atoms with E-state index in [4.69, 9.17) is 0 Å². The molecule has 0 spiro atoms. The molecular weight excluding hydrogens is 302 g/mol. The van der Waals surface area contributed by atoms with Crippen LogP contribution in [-0.2, 0) is 9.59 Å². The van der Waals surface area contributed by atoms with Gasteiger partial charge in [0.05, 0.1) is 12.5 Å². The zero-order valence-corrected chi connectivity index (χ0v) is 14.4. The van der Waals surface area contributed by atoms with Crippen molar-refractivity contribution in [2.45, 2.75) is 13.8 Å². The molecule has 0 radical (unpaired) electrons. The Balaban J connectivity index is 1.51. The van der Waals surface area contributed by atoms with Crippen molar-refractivity contribution in [3.05, 3.63) is 41.5 Å². The van der Waals surface area contributed by atoms with Crippen molar-refractivity contribution in [2.75, 3.05) is 39.3 Å². The third kappa shape index (κ3) is 3.51. The van der Waals surface area contributed by atoms with E-state index in [0.29, 0.717) is 26.2 Å². The summed E-state index contributed by atoms with van der Waals surface area (Å²) in [6, 6.07) is 10.1. The average Bonchev–Trinajstić information content (AvgIpc) is 3.27. The fourth-order valence-electron chi connectivity index (χ4n) is 3.42. The summed E-state index contributed by atoms with van der Waals surface area (Å²) in [6.07, 6.45) is 0. The van der Waals surface area contributed by atoms with Gasteiger partial charge in [-0.05, 0) is 25.0 Å². The second-order valence-corrected chi connectivity index (χ2v) is 6.45. The number of amides is 2. The number of nitrogens with zero attached hydrogens (tertiary/aromatic N) is 2. The number of rotatable bonds is 5. The fraction of sp³-hybridized carbons (Fsp3) is 0.474. The van der Waals surface area contributed by atoms with Gasteiger partial charge in [0.25, 0.3) is 0 Å². The monoisotopic (exact) mass is 327 g/mol. The second-order valence-electron chi connectivity index (χ2n) is 6.45. The van der Waals surface area contributed by atoms with Crippen LogP contribution in [0.1, 0.15) is 19.4 Å². The van der Waals surface area contributed by atoms with Gasteiger partial charge in [0, 0.05) is 32.7 Å². The first kappa shape index (κ1) is 16.7. The molecule has 1 saturated heterocycles. The summed E-state index contributed by atoms with van der Waals surface area (Å²) in [4.78, 5) is 28.5. The molecule has 0 saturated carbocycles. The number of likely N-dealkylation sites (N-methyl/N-ethyl adjacent to an activating group) is 1. The predicted octanol–water partition coefficient (Wildman–Crippen LogP) is 1.37. The highest BCUT2D eigenvalue weighted by Crippen LogP contribution is 2.47. The van der Waals surface area contributed by atoms with Crippen LogP contribution in [0.2, 0.25) is 0 Å². The second kappa shape index (κ2) is 7.18. The van der Waals surface area contributed by atoms with Crippen molar-refractivity contribution in [1.82, 2.24) is 15.1 Å². The maximum absolute atomic E-state index is 12.8. The third-order valence-electron chi connectivity index (χ3n) is 4.82. The highest BCUT2D eigenvalue weighted by Gasteiger charge is 2.42. The van der Waals surface area contributed by atoms with E-state index in [-0.39, 0.29) is 17.7 Å². The van der Waals surface area contributed by atoms with Crippen LogP contribution in [0.15, 0.2) is 35.9 Å². The van der Waals surface area contributed by atoms with Gasteiger partial charge < -0.3 is 10.2 Å². The first-order valence-corrected chi connectivity index (χ1v) is 8.65. The van der Waals surface area contributed by atoms with Crippen molar-refractivity contribution in [1.29, 1.82) is 0 Å². The van der Waals surface area contributed by atoms with Crippen LogP contribution in [0.3, 0.4) is 0 Å². The fourth-order valence-corrected chi connectivity index (χ4v) is 3.42. The number of carbonyl (C=O) groups excluding carboxylic acids is 2. The van der Waals surface area contributed by atoms with E-state index in [9.17, 15) is 9.59 Å². The lowest BCUT2D eigenvalue weighted by Crippen LogP contribution is -2.51. The Kier molecular flexibility index (Phi) is 5.00. The number of carbonyl (C=O) groups is 2. The van der Waals surface area contributed by atoms with E-state index in [1.807, 2.05) is 30.0 Å². The van der Waals surface area contributed by atoms with Gasteiger partial charge in [-0.15, -0.1) is 0 Å². The maximum Gasteiger partial charge on any atom is 0.234 e. The predicted molar refractivity (Wildman–Crippen MR) is 94.2 cm³/mol. The van der Waals surface area contributed by atoms with Crippen LogP contribution in [0.5, 0.6) is 0 Å². The maximum atomic E-state index is 12.8. The number of piperazine rings is 1. The van der Waals surface area contributed by atoms with E-state index in [0.717, 1.165) is 18.7 Å². The molecule has 128 valence electrons. The molecule has 1 aliphatic heterocycles. The molecule has 5 nitrogen and oxygen atoms in total. The standard InChI is InChI=1S/C19H25N3O2/c1-3-20-16(23)13-21-9-11-22(12-10-21)19(24)18-14(2)17(18)15-7-5-4-6-8-15/h4-8,18H,3,9-13H2,1-2H3,(H,20,23). The van der Waals surface area contributed by atoms with Gasteiger partial charge in [0.2, 0.25) is 11.8 Å². The summed E-state index contributed by atoms with van der Waals surface area (Å²) in [7, 11) is 0. The van der Waals surface area contributed by atoms with Gasteiger partial charge in [-0.3, -0.25) is 14.5 Å². The summed E-state index contributed by atoms with van der Waals surface area (Å²) < 4.78 is 0. The van der Waals surface area contributed by atoms with E-state index >= 15 is 0 Å². The molecule has 1 unspecified atom stereocenters. The number of nitrogens with one attached hydrogen (secondary N) is 1. The highest BCUT2D eigenvalue weighted by atomic mass is 16.2. The molecule has 24 heavy (non-hydrogen) atoms. The Bertz CT molecular complexity index is 646. The van der Waals surface area contributed by atoms with E-state index < -0.39 is 0 Å². The number of benzene rings is 1. The first-order valence-electron chi connectivity index (χ1n) is 8.65. The molecular formula is C19H25N3O2. The van der Waals surface area contributed by atoms with E-state index in [2.05, 4.69) is 29.3 Å². The van der Waals surface area contributed by atoms with Crippen LogP contribution in [-0.4, -0.2) is 60.9 Å². The minimum absolute atomic E-state index is 0.0395. The van der Waals surface area contributed by atoms with E-state index in [1.165, 1.54) is 11.1 Å². The van der Waals surface area contributed by atoms with Crippen LogP contribution in [0.25, 0.3) is 5.57 Å². The lowest BCUT2D eigenvalue weighted by molar-refractivity contribution is -0.133. The Morgan fingerprint density at radius 3 is 2.42 bits per heavy atom. The van der Waals surface area contributed by atoms with E-state index in [1.54, 1.807) is 0 Å². The topological polar surface area (TPSA) is 52.7 Å². The van der Waals surface area contributed by atoms with Crippen molar-refractivity contribution in [3.8, 4) is 0 Å².